The lowest BCUT2D eigenvalue weighted by Crippen LogP contribution is -2.35. The van der Waals surface area contributed by atoms with Gasteiger partial charge in [0.15, 0.2) is 0 Å². The summed E-state index contributed by atoms with van der Waals surface area (Å²) < 4.78 is 11.5. The van der Waals surface area contributed by atoms with E-state index in [9.17, 15) is 4.79 Å². The average molecular weight is 371 g/mol. The molecule has 2 heterocycles. The first kappa shape index (κ1) is 19.6. The third-order valence-electron chi connectivity index (χ3n) is 5.10. The van der Waals surface area contributed by atoms with Crippen LogP contribution in [-0.2, 0) is 9.53 Å². The Hall–Kier alpha value is -2.18. The van der Waals surface area contributed by atoms with E-state index in [-0.39, 0.29) is 30.4 Å². The summed E-state index contributed by atoms with van der Waals surface area (Å²) in [5, 5.41) is 0. The van der Waals surface area contributed by atoms with E-state index in [1.54, 1.807) is 7.11 Å². The second-order valence-electron chi connectivity index (χ2n) is 7.33. The van der Waals surface area contributed by atoms with E-state index in [0.29, 0.717) is 19.0 Å². The lowest BCUT2D eigenvalue weighted by atomic mass is 10.0. The molecule has 0 saturated carbocycles. The number of carbonyl (C=O) groups is 1. The minimum atomic E-state index is -0.255. The molecule has 1 saturated heterocycles. The Kier molecular flexibility index (Phi) is 6.29. The molecule has 27 heavy (non-hydrogen) atoms. The van der Waals surface area contributed by atoms with Crippen molar-refractivity contribution in [1.29, 1.82) is 0 Å². The average Bonchev–Trinajstić information content (AvgIpc) is 3.33. The lowest BCUT2D eigenvalue weighted by molar-refractivity contribution is -0.135. The highest BCUT2D eigenvalue weighted by Gasteiger charge is 2.35. The Labute approximate surface area is 160 Å². The van der Waals surface area contributed by atoms with Gasteiger partial charge in [-0.3, -0.25) is 4.79 Å². The second-order valence-corrected chi connectivity index (χ2v) is 7.33. The molecule has 2 N–H and O–H groups in total. The van der Waals surface area contributed by atoms with Crippen LogP contribution in [0.4, 0.5) is 0 Å². The summed E-state index contributed by atoms with van der Waals surface area (Å²) in [6.45, 7) is 5.23. The zero-order valence-corrected chi connectivity index (χ0v) is 16.4. The van der Waals surface area contributed by atoms with Crippen molar-refractivity contribution in [2.75, 3.05) is 20.2 Å². The monoisotopic (exact) mass is 371 g/mol. The molecule has 3 rings (SSSR count). The molecule has 146 valence electrons. The Morgan fingerprint density at radius 3 is 2.74 bits per heavy atom. The van der Waals surface area contributed by atoms with E-state index in [2.05, 4.69) is 13.8 Å². The Morgan fingerprint density at radius 2 is 2.11 bits per heavy atom. The molecule has 2 unspecified atom stereocenters. The second kappa shape index (κ2) is 8.67. The standard InChI is InChI=1S/C21H29N3O3/c1-14(2)20-19(15-8-5-4-6-9-15)23-21(27-20)17-10-7-11-24(17)18(25)12-16(13-22)26-3/h4-6,8-9,14,16-17H,7,10-13,22H2,1-3H3. The molecule has 1 amide bonds. The van der Waals surface area contributed by atoms with Gasteiger partial charge in [0.1, 0.15) is 17.5 Å². The normalized spacial score (nSPS) is 18.3. The summed E-state index contributed by atoms with van der Waals surface area (Å²) >= 11 is 0. The number of aromatic nitrogens is 1. The van der Waals surface area contributed by atoms with E-state index in [4.69, 9.17) is 19.9 Å². The largest absolute Gasteiger partial charge is 0.442 e. The first-order valence-corrected chi connectivity index (χ1v) is 9.63. The Morgan fingerprint density at radius 1 is 1.37 bits per heavy atom. The van der Waals surface area contributed by atoms with Crippen molar-refractivity contribution in [3.63, 3.8) is 0 Å². The molecule has 0 aliphatic carbocycles. The molecule has 1 aliphatic rings. The van der Waals surface area contributed by atoms with Crippen molar-refractivity contribution >= 4 is 5.91 Å². The molecule has 0 spiro atoms. The summed E-state index contributed by atoms with van der Waals surface area (Å²) in [4.78, 5) is 19.5. The summed E-state index contributed by atoms with van der Waals surface area (Å²) in [5.41, 5.74) is 7.58. The van der Waals surface area contributed by atoms with Crippen molar-refractivity contribution in [2.24, 2.45) is 5.73 Å². The van der Waals surface area contributed by atoms with Crippen molar-refractivity contribution in [1.82, 2.24) is 9.88 Å². The number of amides is 1. The van der Waals surface area contributed by atoms with Gasteiger partial charge in [-0.25, -0.2) is 4.98 Å². The van der Waals surface area contributed by atoms with Crippen LogP contribution in [0, 0.1) is 0 Å². The third kappa shape index (κ3) is 4.22. The van der Waals surface area contributed by atoms with Gasteiger partial charge in [0.05, 0.1) is 12.5 Å². The van der Waals surface area contributed by atoms with Crippen LogP contribution in [0.1, 0.15) is 56.7 Å². The van der Waals surface area contributed by atoms with Crippen LogP contribution >= 0.6 is 0 Å². The third-order valence-corrected chi connectivity index (χ3v) is 5.10. The number of carbonyl (C=O) groups excluding carboxylic acids is 1. The molecule has 1 aromatic heterocycles. The number of nitrogens with two attached hydrogens (primary N) is 1. The van der Waals surface area contributed by atoms with Gasteiger partial charge in [-0.05, 0) is 12.8 Å². The minimum absolute atomic E-state index is 0.0420. The molecular weight excluding hydrogens is 342 g/mol. The molecule has 6 heteroatoms. The van der Waals surface area contributed by atoms with Crippen LogP contribution in [0.2, 0.25) is 0 Å². The van der Waals surface area contributed by atoms with Gasteiger partial charge < -0.3 is 19.8 Å². The minimum Gasteiger partial charge on any atom is -0.442 e. The number of nitrogens with zero attached hydrogens (tertiary/aromatic N) is 2. The highest BCUT2D eigenvalue weighted by Crippen LogP contribution is 2.37. The van der Waals surface area contributed by atoms with Crippen LogP contribution in [0.25, 0.3) is 11.3 Å². The van der Waals surface area contributed by atoms with Crippen LogP contribution in [0.15, 0.2) is 34.7 Å². The van der Waals surface area contributed by atoms with Crippen molar-refractivity contribution in [3.8, 4) is 11.3 Å². The van der Waals surface area contributed by atoms with Crippen LogP contribution in [0.3, 0.4) is 0 Å². The summed E-state index contributed by atoms with van der Waals surface area (Å²) in [5.74, 6) is 1.75. The zero-order valence-electron chi connectivity index (χ0n) is 16.4. The fourth-order valence-corrected chi connectivity index (χ4v) is 3.58. The Balaban J connectivity index is 1.88. The van der Waals surface area contributed by atoms with Gasteiger partial charge >= 0.3 is 0 Å². The van der Waals surface area contributed by atoms with Crippen molar-refractivity contribution in [2.45, 2.75) is 51.2 Å². The number of benzene rings is 1. The van der Waals surface area contributed by atoms with Gasteiger partial charge in [-0.15, -0.1) is 0 Å². The number of hydrogen-bond acceptors (Lipinski definition) is 5. The van der Waals surface area contributed by atoms with Gasteiger partial charge in [-0.2, -0.15) is 0 Å². The maximum atomic E-state index is 12.8. The SMILES string of the molecule is COC(CN)CC(=O)N1CCCC1c1nc(-c2ccccc2)c(C(C)C)o1. The maximum absolute atomic E-state index is 12.8. The fraction of sp³-hybridized carbons (Fsp3) is 0.524. The number of rotatable bonds is 7. The molecular formula is C21H29N3O3. The van der Waals surface area contributed by atoms with Gasteiger partial charge in [0, 0.05) is 31.7 Å². The Bertz CT molecular complexity index is 753. The maximum Gasteiger partial charge on any atom is 0.225 e. The molecule has 2 atom stereocenters. The van der Waals surface area contributed by atoms with Crippen molar-refractivity contribution < 1.29 is 13.9 Å². The number of ether oxygens (including phenoxy) is 1. The number of likely N-dealkylation sites (tertiary alicyclic amines) is 1. The van der Waals surface area contributed by atoms with Crippen LogP contribution < -0.4 is 5.73 Å². The highest BCUT2D eigenvalue weighted by molar-refractivity contribution is 5.77. The fourth-order valence-electron chi connectivity index (χ4n) is 3.58. The predicted molar refractivity (Wildman–Crippen MR) is 104 cm³/mol. The first-order valence-electron chi connectivity index (χ1n) is 9.63. The van der Waals surface area contributed by atoms with E-state index in [0.717, 1.165) is 29.9 Å². The number of oxazole rings is 1. The highest BCUT2D eigenvalue weighted by atomic mass is 16.5. The lowest BCUT2D eigenvalue weighted by Gasteiger charge is -2.24. The van der Waals surface area contributed by atoms with E-state index in [1.807, 2.05) is 35.2 Å². The van der Waals surface area contributed by atoms with Crippen LogP contribution in [-0.4, -0.2) is 42.1 Å². The predicted octanol–water partition coefficient (Wildman–Crippen LogP) is 3.49. The topological polar surface area (TPSA) is 81.6 Å². The quantitative estimate of drug-likeness (QED) is 0.806. The van der Waals surface area contributed by atoms with E-state index in [1.165, 1.54) is 0 Å². The molecule has 1 aliphatic heterocycles. The zero-order chi connectivity index (χ0) is 19.4. The van der Waals surface area contributed by atoms with E-state index >= 15 is 0 Å². The smallest absolute Gasteiger partial charge is 0.225 e. The van der Waals surface area contributed by atoms with Gasteiger partial charge in [0.2, 0.25) is 11.8 Å². The molecule has 1 aromatic carbocycles. The number of hydrogen-bond donors (Lipinski definition) is 1. The molecule has 0 bridgehead atoms. The van der Waals surface area contributed by atoms with Crippen LogP contribution in [0.5, 0.6) is 0 Å². The molecule has 1 fully saturated rings. The first-order chi connectivity index (χ1) is 13.0. The molecule has 2 aromatic rings. The molecule has 0 radical (unpaired) electrons. The van der Waals surface area contributed by atoms with Crippen molar-refractivity contribution in [3.05, 3.63) is 42.0 Å². The number of methoxy groups -OCH3 is 1. The van der Waals surface area contributed by atoms with Gasteiger partial charge in [0.25, 0.3) is 0 Å². The molecule has 6 nitrogen and oxygen atoms in total. The van der Waals surface area contributed by atoms with Gasteiger partial charge in [-0.1, -0.05) is 44.2 Å². The summed E-state index contributed by atoms with van der Waals surface area (Å²) in [6.07, 6.45) is 1.83. The summed E-state index contributed by atoms with van der Waals surface area (Å²) in [6, 6.07) is 9.93. The summed E-state index contributed by atoms with van der Waals surface area (Å²) in [7, 11) is 1.58. The van der Waals surface area contributed by atoms with E-state index < -0.39 is 0 Å².